The van der Waals surface area contributed by atoms with Gasteiger partial charge in [0.05, 0.1) is 35.4 Å². The van der Waals surface area contributed by atoms with Crippen molar-refractivity contribution in [3.05, 3.63) is 50.9 Å². The molecule has 2 atom stereocenters. The van der Waals surface area contributed by atoms with Gasteiger partial charge in [-0.15, -0.1) is 0 Å². The quantitative estimate of drug-likeness (QED) is 0.345. The van der Waals surface area contributed by atoms with Crippen LogP contribution in [-0.4, -0.2) is 43.6 Å². The molecule has 0 heterocycles. The zero-order valence-corrected chi connectivity index (χ0v) is 19.2. The van der Waals surface area contributed by atoms with E-state index in [4.69, 9.17) is 4.74 Å². The third kappa shape index (κ3) is 5.42. The number of nitrogens with one attached hydrogen (secondary N) is 2. The molecular formula is C19H20F3IN2O5S. The van der Waals surface area contributed by atoms with E-state index in [0.29, 0.717) is 22.5 Å². The zero-order chi connectivity index (χ0) is 22.9. The van der Waals surface area contributed by atoms with E-state index in [1.54, 1.807) is 0 Å². The maximum atomic E-state index is 14.7. The molecule has 2 unspecified atom stereocenters. The molecule has 31 heavy (non-hydrogen) atoms. The van der Waals surface area contributed by atoms with E-state index in [9.17, 15) is 31.8 Å². The summed E-state index contributed by atoms with van der Waals surface area (Å²) < 4.78 is 74.7. The van der Waals surface area contributed by atoms with Crippen molar-refractivity contribution in [3.63, 3.8) is 0 Å². The Bertz CT molecular complexity index is 1080. The van der Waals surface area contributed by atoms with Gasteiger partial charge in [-0.25, -0.2) is 26.3 Å². The highest BCUT2D eigenvalue weighted by Crippen LogP contribution is 2.39. The number of sulfonamides is 1. The number of rotatable bonds is 9. The highest BCUT2D eigenvalue weighted by Gasteiger charge is 2.37. The second-order valence-corrected chi connectivity index (χ2v) is 10.3. The molecule has 0 radical (unpaired) electrons. The number of halogens is 4. The van der Waals surface area contributed by atoms with Crippen LogP contribution in [0.4, 0.5) is 24.5 Å². The molecule has 0 saturated heterocycles. The molecular weight excluding hydrogens is 552 g/mol. The van der Waals surface area contributed by atoms with E-state index >= 15 is 0 Å². The summed E-state index contributed by atoms with van der Waals surface area (Å²) in [4.78, 5) is 0. The van der Waals surface area contributed by atoms with Gasteiger partial charge < -0.3 is 20.3 Å². The Morgan fingerprint density at radius 1 is 1.19 bits per heavy atom. The summed E-state index contributed by atoms with van der Waals surface area (Å²) in [6.07, 6.45) is -2.61. The monoisotopic (exact) mass is 572 g/mol. The second kappa shape index (κ2) is 9.48. The van der Waals surface area contributed by atoms with Gasteiger partial charge in [0.15, 0.2) is 11.6 Å². The van der Waals surface area contributed by atoms with Crippen LogP contribution in [0.3, 0.4) is 0 Å². The van der Waals surface area contributed by atoms with Gasteiger partial charge in [-0.3, -0.25) is 0 Å². The van der Waals surface area contributed by atoms with Gasteiger partial charge in [-0.05, 0) is 53.6 Å². The SMILES string of the molecule is COc1cc(F)c(F)c(Nc2ccc(I)cc2F)c1C(O)C(O)CNS(=O)(=O)C1CC1. The molecule has 1 aliphatic rings. The fraction of sp³-hybridized carbons (Fsp3) is 0.368. The van der Waals surface area contributed by atoms with E-state index in [2.05, 4.69) is 10.0 Å². The highest BCUT2D eigenvalue weighted by atomic mass is 127. The lowest BCUT2D eigenvalue weighted by atomic mass is 10.00. The predicted molar refractivity (Wildman–Crippen MR) is 116 cm³/mol. The molecule has 0 aliphatic heterocycles. The van der Waals surface area contributed by atoms with Gasteiger partial charge in [0, 0.05) is 16.2 Å². The Morgan fingerprint density at radius 2 is 1.87 bits per heavy atom. The van der Waals surface area contributed by atoms with E-state index in [1.165, 1.54) is 12.1 Å². The first-order valence-corrected chi connectivity index (χ1v) is 11.8. The Hall–Kier alpha value is -1.61. The summed E-state index contributed by atoms with van der Waals surface area (Å²) in [5.74, 6) is -3.83. The van der Waals surface area contributed by atoms with Crippen LogP contribution in [0.5, 0.6) is 5.75 Å². The van der Waals surface area contributed by atoms with Crippen LogP contribution in [-0.2, 0) is 10.0 Å². The van der Waals surface area contributed by atoms with Crippen LogP contribution < -0.4 is 14.8 Å². The lowest BCUT2D eigenvalue weighted by molar-refractivity contribution is 0.0210. The largest absolute Gasteiger partial charge is 0.496 e. The first-order valence-electron chi connectivity index (χ1n) is 9.17. The number of hydrogen-bond acceptors (Lipinski definition) is 6. The van der Waals surface area contributed by atoms with Crippen molar-refractivity contribution in [1.29, 1.82) is 0 Å². The van der Waals surface area contributed by atoms with E-state index < -0.39 is 62.7 Å². The summed E-state index contributed by atoms with van der Waals surface area (Å²) in [6, 6.07) is 4.65. The maximum Gasteiger partial charge on any atom is 0.214 e. The number of anilines is 2. The number of aliphatic hydroxyl groups is 2. The Balaban J connectivity index is 1.96. The lowest BCUT2D eigenvalue weighted by Crippen LogP contribution is -2.37. The molecule has 0 amide bonds. The normalized spacial score (nSPS) is 16.1. The Morgan fingerprint density at radius 3 is 2.45 bits per heavy atom. The van der Waals surface area contributed by atoms with Crippen molar-refractivity contribution < 1.29 is 36.5 Å². The number of hydrogen-bond donors (Lipinski definition) is 4. The maximum absolute atomic E-state index is 14.7. The van der Waals surface area contributed by atoms with Crippen molar-refractivity contribution in [2.45, 2.75) is 30.3 Å². The van der Waals surface area contributed by atoms with Crippen LogP contribution in [0, 0.1) is 21.0 Å². The standard InChI is InChI=1S/C19H20F3IN2O5S/c1-30-15-7-12(21)17(22)18(25-13-5-2-9(23)6-11(13)20)16(15)19(27)14(26)8-24-31(28,29)10-3-4-10/h2,5-7,10,14,19,24-27H,3-4,8H2,1H3. The van der Waals surface area contributed by atoms with Crippen molar-refractivity contribution in [2.75, 3.05) is 19.0 Å². The Kier molecular flexibility index (Phi) is 7.35. The van der Waals surface area contributed by atoms with Gasteiger partial charge >= 0.3 is 0 Å². The zero-order valence-electron chi connectivity index (χ0n) is 16.2. The van der Waals surface area contributed by atoms with Gasteiger partial charge in [-0.2, -0.15) is 0 Å². The van der Waals surface area contributed by atoms with Crippen LogP contribution in [0.25, 0.3) is 0 Å². The van der Waals surface area contributed by atoms with Crippen LogP contribution in [0.15, 0.2) is 24.3 Å². The molecule has 1 fully saturated rings. The van der Waals surface area contributed by atoms with Crippen molar-refractivity contribution in [3.8, 4) is 5.75 Å². The molecule has 0 bridgehead atoms. The molecule has 3 rings (SSSR count). The number of ether oxygens (including phenoxy) is 1. The molecule has 1 aliphatic carbocycles. The van der Waals surface area contributed by atoms with Gasteiger partial charge in [0.2, 0.25) is 10.0 Å². The van der Waals surface area contributed by atoms with E-state index in [0.717, 1.165) is 13.2 Å². The molecule has 170 valence electrons. The summed E-state index contributed by atoms with van der Waals surface area (Å²) >= 11 is 1.88. The van der Waals surface area contributed by atoms with Crippen molar-refractivity contribution >= 4 is 44.0 Å². The third-order valence-electron chi connectivity index (χ3n) is 4.75. The number of methoxy groups -OCH3 is 1. The highest BCUT2D eigenvalue weighted by molar-refractivity contribution is 14.1. The summed E-state index contributed by atoms with van der Waals surface area (Å²) in [7, 11) is -2.51. The van der Waals surface area contributed by atoms with Gasteiger partial charge in [0.25, 0.3) is 0 Å². The lowest BCUT2D eigenvalue weighted by Gasteiger charge is -2.24. The topological polar surface area (TPSA) is 108 Å². The molecule has 2 aromatic carbocycles. The van der Waals surface area contributed by atoms with Crippen LogP contribution in [0.2, 0.25) is 0 Å². The van der Waals surface area contributed by atoms with Gasteiger partial charge in [-0.1, -0.05) is 0 Å². The van der Waals surface area contributed by atoms with E-state index in [-0.39, 0.29) is 11.4 Å². The van der Waals surface area contributed by atoms with Crippen LogP contribution >= 0.6 is 22.6 Å². The summed E-state index contributed by atoms with van der Waals surface area (Å²) in [6.45, 7) is -0.570. The fourth-order valence-electron chi connectivity index (χ4n) is 2.93. The fourth-order valence-corrected chi connectivity index (χ4v) is 4.78. The first kappa shape index (κ1) is 24.0. The predicted octanol–water partition coefficient (Wildman–Crippen LogP) is 2.94. The molecule has 12 heteroatoms. The average molecular weight is 572 g/mol. The summed E-state index contributed by atoms with van der Waals surface area (Å²) in [5, 5.41) is 22.9. The Labute approximate surface area is 190 Å². The molecule has 7 nitrogen and oxygen atoms in total. The molecule has 1 saturated carbocycles. The molecule has 4 N–H and O–H groups in total. The minimum absolute atomic E-state index is 0.204. The van der Waals surface area contributed by atoms with E-state index in [1.807, 2.05) is 22.6 Å². The number of benzene rings is 2. The molecule has 2 aromatic rings. The third-order valence-corrected chi connectivity index (χ3v) is 7.34. The minimum atomic E-state index is -3.65. The van der Waals surface area contributed by atoms with Crippen LogP contribution in [0.1, 0.15) is 24.5 Å². The molecule has 0 spiro atoms. The minimum Gasteiger partial charge on any atom is -0.496 e. The average Bonchev–Trinajstić information content (AvgIpc) is 3.56. The van der Waals surface area contributed by atoms with Crippen molar-refractivity contribution in [1.82, 2.24) is 4.72 Å². The van der Waals surface area contributed by atoms with Gasteiger partial charge in [0.1, 0.15) is 17.7 Å². The number of aliphatic hydroxyl groups excluding tert-OH is 2. The van der Waals surface area contributed by atoms with Crippen molar-refractivity contribution in [2.24, 2.45) is 0 Å². The summed E-state index contributed by atoms with van der Waals surface area (Å²) in [5.41, 5.74) is -1.24. The smallest absolute Gasteiger partial charge is 0.214 e. The first-order chi connectivity index (χ1) is 14.5. The molecule has 0 aromatic heterocycles. The second-order valence-electron chi connectivity index (χ2n) is 7.02.